The Morgan fingerprint density at radius 2 is 1.86 bits per heavy atom. The summed E-state index contributed by atoms with van der Waals surface area (Å²) in [4.78, 5) is 25.9. The van der Waals surface area contributed by atoms with Crippen molar-refractivity contribution in [1.82, 2.24) is 4.98 Å². The number of non-ortho nitro benzene ring substituents is 1. The lowest BCUT2D eigenvalue weighted by molar-refractivity contribution is -0.384. The minimum absolute atomic E-state index is 0.0960. The first-order chi connectivity index (χ1) is 19.9. The van der Waals surface area contributed by atoms with Crippen LogP contribution in [0.15, 0.2) is 28.4 Å². The van der Waals surface area contributed by atoms with Gasteiger partial charge in [0.2, 0.25) is 5.88 Å². The SMILES string of the molecule is C[C@H](CCC(=O)N=Nc1c(O)[nH]c2cc([N+](=O)[O-])ccc12)[C@@H]1CC[C@@H]2[C@@H]3[C@H](O)C[C@@H]4C[C@@H](O)CC[C@]4(C)[C@H]3CC[C@@]21C. The van der Waals surface area contributed by atoms with Crippen molar-refractivity contribution in [2.45, 2.75) is 97.2 Å². The molecule has 4 aliphatic carbocycles. The summed E-state index contributed by atoms with van der Waals surface area (Å²) in [5.74, 6) is 1.88. The molecule has 4 fully saturated rings. The number of benzene rings is 1. The van der Waals surface area contributed by atoms with Crippen LogP contribution in [0.4, 0.5) is 11.4 Å². The number of amides is 1. The molecule has 10 nitrogen and oxygen atoms in total. The van der Waals surface area contributed by atoms with Gasteiger partial charge in [-0.2, -0.15) is 0 Å². The molecule has 4 saturated carbocycles. The van der Waals surface area contributed by atoms with E-state index in [9.17, 15) is 30.2 Å². The van der Waals surface area contributed by atoms with Gasteiger partial charge in [0.1, 0.15) is 0 Å². The van der Waals surface area contributed by atoms with Crippen LogP contribution in [0.5, 0.6) is 5.88 Å². The Bertz CT molecular complexity index is 1410. The number of azo groups is 1. The molecule has 10 atom stereocenters. The molecule has 2 aromatic rings. The molecule has 228 valence electrons. The van der Waals surface area contributed by atoms with Crippen molar-refractivity contribution in [1.29, 1.82) is 0 Å². The third kappa shape index (κ3) is 4.75. The van der Waals surface area contributed by atoms with Gasteiger partial charge in [-0.25, -0.2) is 0 Å². The van der Waals surface area contributed by atoms with Gasteiger partial charge in [0.25, 0.3) is 11.6 Å². The molecule has 0 radical (unpaired) electrons. The van der Waals surface area contributed by atoms with Gasteiger partial charge < -0.3 is 20.3 Å². The lowest BCUT2D eigenvalue weighted by Crippen LogP contribution is -2.58. The highest BCUT2D eigenvalue weighted by molar-refractivity contribution is 5.95. The number of aliphatic hydroxyl groups excluding tert-OH is 2. The molecule has 0 bridgehead atoms. The first kappa shape index (κ1) is 29.2. The van der Waals surface area contributed by atoms with Crippen LogP contribution in [-0.4, -0.2) is 43.3 Å². The molecule has 4 aliphatic rings. The number of aromatic amines is 1. The molecular formula is C32H44N4O6. The van der Waals surface area contributed by atoms with Gasteiger partial charge in [-0.15, -0.1) is 10.2 Å². The number of nitro benzene ring substituents is 1. The molecular weight excluding hydrogens is 536 g/mol. The smallest absolute Gasteiger partial charge is 0.271 e. The molecule has 1 amide bonds. The Balaban J connectivity index is 1.10. The highest BCUT2D eigenvalue weighted by atomic mass is 16.6. The van der Waals surface area contributed by atoms with E-state index in [-0.39, 0.29) is 52.6 Å². The third-order valence-corrected chi connectivity index (χ3v) is 12.4. The third-order valence-electron chi connectivity index (χ3n) is 12.4. The number of aromatic hydroxyl groups is 1. The standard InChI is InChI=1S/C32H44N4O6/c1-17(4-9-27(39)34-35-29-21-6-5-19(36(41)42)16-25(21)33-30(29)40)22-7-8-23-28-24(11-13-32(22,23)3)31(2)12-10-20(37)14-18(31)15-26(28)38/h5-6,16-18,20,22-24,26,28,33,37-38,40H,4,7-15H2,1-3H3/t17-,18+,20+,22+,23-,24+,26-,28+,31+,32-/m1/s1. The van der Waals surface area contributed by atoms with Gasteiger partial charge in [-0.3, -0.25) is 14.9 Å². The molecule has 0 saturated heterocycles. The Labute approximate surface area is 246 Å². The minimum Gasteiger partial charge on any atom is -0.493 e. The van der Waals surface area contributed by atoms with E-state index in [0.29, 0.717) is 52.8 Å². The zero-order chi connectivity index (χ0) is 30.0. The molecule has 1 aromatic carbocycles. The summed E-state index contributed by atoms with van der Waals surface area (Å²) in [5.41, 5.74) is 0.684. The van der Waals surface area contributed by atoms with Crippen LogP contribution < -0.4 is 0 Å². The summed E-state index contributed by atoms with van der Waals surface area (Å²) in [6, 6.07) is 4.12. The van der Waals surface area contributed by atoms with E-state index in [4.69, 9.17) is 0 Å². The van der Waals surface area contributed by atoms with E-state index in [0.717, 1.165) is 51.4 Å². The number of carbonyl (C=O) groups is 1. The Morgan fingerprint density at radius 1 is 1.12 bits per heavy atom. The van der Waals surface area contributed by atoms with Gasteiger partial charge in [-0.05, 0) is 110 Å². The fraction of sp³-hybridized carbons (Fsp3) is 0.719. The Kier molecular flexibility index (Phi) is 7.45. The number of nitrogens with one attached hydrogen (secondary N) is 1. The second kappa shape index (κ2) is 10.7. The van der Waals surface area contributed by atoms with Gasteiger partial charge in [0.05, 0.1) is 22.6 Å². The first-order valence-corrected chi connectivity index (χ1v) is 15.7. The number of H-pyrrole nitrogens is 1. The average Bonchev–Trinajstić information content (AvgIpc) is 3.46. The van der Waals surface area contributed by atoms with Crippen molar-refractivity contribution in [2.24, 2.45) is 56.6 Å². The number of aliphatic hydroxyl groups is 2. The summed E-state index contributed by atoms with van der Waals surface area (Å²) >= 11 is 0. The lowest BCUT2D eigenvalue weighted by Gasteiger charge is -2.62. The monoisotopic (exact) mass is 580 g/mol. The summed E-state index contributed by atoms with van der Waals surface area (Å²) in [7, 11) is 0. The number of fused-ring (bicyclic) bond motifs is 6. The van der Waals surface area contributed by atoms with Crippen molar-refractivity contribution in [2.75, 3.05) is 0 Å². The highest BCUT2D eigenvalue weighted by Crippen LogP contribution is 2.68. The van der Waals surface area contributed by atoms with Crippen molar-refractivity contribution in [3.63, 3.8) is 0 Å². The van der Waals surface area contributed by atoms with Gasteiger partial charge in [0, 0.05) is 23.9 Å². The molecule has 0 spiro atoms. The van der Waals surface area contributed by atoms with Gasteiger partial charge in [0.15, 0.2) is 5.69 Å². The van der Waals surface area contributed by atoms with Crippen LogP contribution in [0.25, 0.3) is 10.9 Å². The Hall–Kier alpha value is -2.85. The number of nitrogens with zero attached hydrogens (tertiary/aromatic N) is 3. The van der Waals surface area contributed by atoms with E-state index in [1.165, 1.54) is 18.2 Å². The minimum atomic E-state index is -0.516. The topological polar surface area (TPSA) is 161 Å². The number of hydrogen-bond donors (Lipinski definition) is 4. The van der Waals surface area contributed by atoms with E-state index in [2.05, 4.69) is 36.0 Å². The van der Waals surface area contributed by atoms with Crippen LogP contribution in [0.3, 0.4) is 0 Å². The first-order valence-electron chi connectivity index (χ1n) is 15.7. The van der Waals surface area contributed by atoms with Gasteiger partial charge in [-0.1, -0.05) is 20.8 Å². The summed E-state index contributed by atoms with van der Waals surface area (Å²) in [6.07, 6.45) is 8.52. The van der Waals surface area contributed by atoms with E-state index >= 15 is 0 Å². The number of carbonyl (C=O) groups excluding carboxylic acids is 1. The normalized spacial score (nSPS) is 38.6. The maximum Gasteiger partial charge on any atom is 0.271 e. The lowest BCUT2D eigenvalue weighted by atomic mass is 9.43. The average molecular weight is 581 g/mol. The number of hydrogen-bond acceptors (Lipinski definition) is 7. The molecule has 1 heterocycles. The molecule has 42 heavy (non-hydrogen) atoms. The van der Waals surface area contributed by atoms with Crippen LogP contribution >= 0.6 is 0 Å². The van der Waals surface area contributed by atoms with Crippen molar-refractivity contribution >= 4 is 28.2 Å². The Morgan fingerprint density at radius 3 is 2.62 bits per heavy atom. The molecule has 6 rings (SSSR count). The molecule has 1 aromatic heterocycles. The maximum atomic E-state index is 12.7. The van der Waals surface area contributed by atoms with E-state index in [1.54, 1.807) is 0 Å². The van der Waals surface area contributed by atoms with Crippen molar-refractivity contribution < 1.29 is 25.0 Å². The zero-order valence-electron chi connectivity index (χ0n) is 24.8. The van der Waals surface area contributed by atoms with E-state index in [1.807, 2.05) is 0 Å². The second-order valence-electron chi connectivity index (χ2n) is 14.4. The van der Waals surface area contributed by atoms with Gasteiger partial charge >= 0.3 is 0 Å². The molecule has 10 heteroatoms. The quantitative estimate of drug-likeness (QED) is 0.167. The number of rotatable bonds is 6. The summed E-state index contributed by atoms with van der Waals surface area (Å²) < 4.78 is 0. The number of nitro groups is 1. The molecule has 0 aliphatic heterocycles. The van der Waals surface area contributed by atoms with Crippen molar-refractivity contribution in [3.8, 4) is 5.88 Å². The maximum absolute atomic E-state index is 12.7. The molecule has 0 unspecified atom stereocenters. The summed E-state index contributed by atoms with van der Waals surface area (Å²) in [5, 5.41) is 51.4. The molecule has 4 N–H and O–H groups in total. The predicted molar refractivity (Wildman–Crippen MR) is 157 cm³/mol. The number of aromatic nitrogens is 1. The predicted octanol–water partition coefficient (Wildman–Crippen LogP) is 6.80. The highest BCUT2D eigenvalue weighted by Gasteiger charge is 2.62. The fourth-order valence-electron chi connectivity index (χ4n) is 10.3. The summed E-state index contributed by atoms with van der Waals surface area (Å²) in [6.45, 7) is 7.11. The van der Waals surface area contributed by atoms with Crippen LogP contribution in [0.2, 0.25) is 0 Å². The van der Waals surface area contributed by atoms with E-state index < -0.39 is 4.92 Å². The van der Waals surface area contributed by atoms with Crippen LogP contribution in [0, 0.1) is 56.5 Å². The van der Waals surface area contributed by atoms with Crippen LogP contribution in [-0.2, 0) is 4.79 Å². The van der Waals surface area contributed by atoms with Crippen LogP contribution in [0.1, 0.15) is 85.0 Å². The fourth-order valence-corrected chi connectivity index (χ4v) is 10.3. The largest absolute Gasteiger partial charge is 0.493 e. The second-order valence-corrected chi connectivity index (χ2v) is 14.4. The zero-order valence-corrected chi connectivity index (χ0v) is 24.8. The van der Waals surface area contributed by atoms with Crippen molar-refractivity contribution in [3.05, 3.63) is 28.3 Å².